The molecule has 0 spiro atoms. The van der Waals surface area contributed by atoms with E-state index in [0.29, 0.717) is 0 Å². The zero-order valence-electron chi connectivity index (χ0n) is 20.8. The van der Waals surface area contributed by atoms with Crippen LogP contribution in [-0.4, -0.2) is 29.4 Å². The lowest BCUT2D eigenvalue weighted by Gasteiger charge is -2.45. The van der Waals surface area contributed by atoms with Crippen molar-refractivity contribution < 1.29 is 4.74 Å². The highest BCUT2D eigenvalue weighted by Gasteiger charge is 2.37. The molecule has 0 amide bonds. The van der Waals surface area contributed by atoms with Crippen LogP contribution in [0.15, 0.2) is 59.6 Å². The monoisotopic (exact) mass is 434 g/mol. The molecule has 174 valence electrons. The minimum absolute atomic E-state index is 0.0759. The maximum atomic E-state index is 5.98. The Hall–Kier alpha value is -2.13. The second kappa shape index (κ2) is 11.1. The number of piperidine rings is 1. The zero-order chi connectivity index (χ0) is 23.0. The SMILES string of the molecule is CCCCCCCOc1ccc(C(=NC2CC(C)(C)NC(C)(C)C2)c2ccccc2)cc1. The van der Waals surface area contributed by atoms with E-state index >= 15 is 0 Å². The topological polar surface area (TPSA) is 33.6 Å². The van der Waals surface area contributed by atoms with Gasteiger partial charge in [-0.1, -0.05) is 62.9 Å². The van der Waals surface area contributed by atoms with E-state index in [1.165, 1.54) is 31.2 Å². The standard InChI is InChI=1S/C29H42N2O/c1-6-7-8-9-13-20-32-26-18-16-24(17-19-26)27(23-14-11-10-12-15-23)30-25-21-28(2,3)31-29(4,5)22-25/h10-12,14-19,25,31H,6-9,13,20-22H2,1-5H3. The number of hydrogen-bond donors (Lipinski definition) is 1. The lowest BCUT2D eigenvalue weighted by atomic mass is 9.79. The first-order valence-corrected chi connectivity index (χ1v) is 12.4. The highest BCUT2D eigenvalue weighted by Crippen LogP contribution is 2.31. The van der Waals surface area contributed by atoms with Crippen LogP contribution in [0.2, 0.25) is 0 Å². The van der Waals surface area contributed by atoms with E-state index in [1.807, 2.05) is 0 Å². The van der Waals surface area contributed by atoms with Crippen LogP contribution in [0.4, 0.5) is 0 Å². The molecular formula is C29H42N2O. The Labute approximate surface area is 195 Å². The normalized spacial score (nSPS) is 18.5. The molecule has 0 saturated carbocycles. The van der Waals surface area contributed by atoms with Gasteiger partial charge in [-0.25, -0.2) is 0 Å². The average molecular weight is 435 g/mol. The second-order valence-corrected chi connectivity index (χ2v) is 10.6. The zero-order valence-corrected chi connectivity index (χ0v) is 20.8. The van der Waals surface area contributed by atoms with E-state index < -0.39 is 0 Å². The fourth-order valence-corrected chi connectivity index (χ4v) is 5.06. The fourth-order valence-electron chi connectivity index (χ4n) is 5.06. The molecule has 0 aromatic heterocycles. The summed E-state index contributed by atoms with van der Waals surface area (Å²) in [5, 5.41) is 3.77. The van der Waals surface area contributed by atoms with Crippen molar-refractivity contribution >= 4 is 5.71 Å². The summed E-state index contributed by atoms with van der Waals surface area (Å²) in [7, 11) is 0. The van der Waals surface area contributed by atoms with Gasteiger partial charge in [0.05, 0.1) is 18.4 Å². The number of nitrogens with one attached hydrogen (secondary N) is 1. The van der Waals surface area contributed by atoms with Gasteiger partial charge < -0.3 is 10.1 Å². The van der Waals surface area contributed by atoms with Crippen LogP contribution in [0.3, 0.4) is 0 Å². The molecule has 32 heavy (non-hydrogen) atoms. The van der Waals surface area contributed by atoms with Gasteiger partial charge in [0, 0.05) is 22.2 Å². The van der Waals surface area contributed by atoms with Crippen LogP contribution >= 0.6 is 0 Å². The van der Waals surface area contributed by atoms with Gasteiger partial charge >= 0.3 is 0 Å². The Kier molecular flexibility index (Phi) is 8.53. The molecule has 0 radical (unpaired) electrons. The molecule has 0 atom stereocenters. The average Bonchev–Trinajstić information content (AvgIpc) is 2.73. The first-order chi connectivity index (χ1) is 15.3. The van der Waals surface area contributed by atoms with Crippen LogP contribution in [-0.2, 0) is 0 Å². The highest BCUT2D eigenvalue weighted by molar-refractivity contribution is 6.13. The van der Waals surface area contributed by atoms with Gasteiger partial charge in [0.2, 0.25) is 0 Å². The van der Waals surface area contributed by atoms with Crippen LogP contribution in [0.25, 0.3) is 0 Å². The molecule has 2 aromatic carbocycles. The number of hydrogen-bond acceptors (Lipinski definition) is 3. The molecule has 1 aliphatic heterocycles. The summed E-state index contributed by atoms with van der Waals surface area (Å²) >= 11 is 0. The molecule has 3 nitrogen and oxygen atoms in total. The van der Waals surface area contributed by atoms with E-state index in [2.05, 4.69) is 94.5 Å². The molecule has 0 unspecified atom stereocenters. The minimum Gasteiger partial charge on any atom is -0.494 e. The third-order valence-corrected chi connectivity index (χ3v) is 6.17. The predicted octanol–water partition coefficient (Wildman–Crippen LogP) is 7.18. The van der Waals surface area contributed by atoms with E-state index in [4.69, 9.17) is 9.73 Å². The van der Waals surface area contributed by atoms with E-state index in [0.717, 1.165) is 42.9 Å². The number of rotatable bonds is 10. The Bertz CT molecular complexity index is 836. The molecule has 1 fully saturated rings. The molecule has 0 aliphatic carbocycles. The third kappa shape index (κ3) is 7.48. The van der Waals surface area contributed by atoms with Gasteiger partial charge in [-0.15, -0.1) is 0 Å². The number of aliphatic imine (C=N–C) groups is 1. The molecular weight excluding hydrogens is 392 g/mol. The lowest BCUT2D eigenvalue weighted by molar-refractivity contribution is 0.164. The van der Waals surface area contributed by atoms with Crippen LogP contribution in [0.5, 0.6) is 5.75 Å². The number of ether oxygens (including phenoxy) is 1. The summed E-state index contributed by atoms with van der Waals surface area (Å²) in [6, 6.07) is 19.4. The van der Waals surface area contributed by atoms with E-state index in [9.17, 15) is 0 Å². The Morgan fingerprint density at radius 1 is 0.844 bits per heavy atom. The van der Waals surface area contributed by atoms with Crippen LogP contribution in [0.1, 0.15) is 90.7 Å². The first-order valence-electron chi connectivity index (χ1n) is 12.4. The number of benzene rings is 2. The number of unbranched alkanes of at least 4 members (excludes halogenated alkanes) is 4. The molecule has 0 bridgehead atoms. The first kappa shape index (κ1) is 24.5. The van der Waals surface area contributed by atoms with Crippen LogP contribution < -0.4 is 10.1 Å². The number of nitrogens with zero attached hydrogens (tertiary/aromatic N) is 1. The van der Waals surface area contributed by atoms with Crippen molar-refractivity contribution in [1.82, 2.24) is 5.32 Å². The van der Waals surface area contributed by atoms with Crippen LogP contribution in [0, 0.1) is 0 Å². The van der Waals surface area contributed by atoms with Gasteiger partial charge in [-0.3, -0.25) is 4.99 Å². The van der Waals surface area contributed by atoms with Crippen molar-refractivity contribution in [1.29, 1.82) is 0 Å². The van der Waals surface area contributed by atoms with Crippen molar-refractivity contribution in [3.05, 3.63) is 65.7 Å². The Balaban J connectivity index is 1.76. The summed E-state index contributed by atoms with van der Waals surface area (Å²) in [6.45, 7) is 12.2. The van der Waals surface area contributed by atoms with E-state index in [1.54, 1.807) is 0 Å². The third-order valence-electron chi connectivity index (χ3n) is 6.17. The van der Waals surface area contributed by atoms with Crippen molar-refractivity contribution in [3.63, 3.8) is 0 Å². The molecule has 1 aliphatic rings. The highest BCUT2D eigenvalue weighted by atomic mass is 16.5. The van der Waals surface area contributed by atoms with Gasteiger partial charge in [-0.2, -0.15) is 0 Å². The molecule has 3 rings (SSSR count). The fraction of sp³-hybridized carbons (Fsp3) is 0.552. The van der Waals surface area contributed by atoms with E-state index in [-0.39, 0.29) is 17.1 Å². The minimum atomic E-state index is 0.0759. The lowest BCUT2D eigenvalue weighted by Crippen LogP contribution is -2.58. The van der Waals surface area contributed by atoms with Crippen molar-refractivity contribution in [2.45, 2.75) is 96.7 Å². The smallest absolute Gasteiger partial charge is 0.119 e. The Morgan fingerprint density at radius 2 is 1.44 bits per heavy atom. The maximum absolute atomic E-state index is 5.98. The summed E-state index contributed by atoms with van der Waals surface area (Å²) in [4.78, 5) is 5.34. The maximum Gasteiger partial charge on any atom is 0.119 e. The molecule has 1 N–H and O–H groups in total. The van der Waals surface area contributed by atoms with Crippen molar-refractivity contribution in [2.75, 3.05) is 6.61 Å². The summed E-state index contributed by atoms with van der Waals surface area (Å²) in [6.07, 6.45) is 8.35. The summed E-state index contributed by atoms with van der Waals surface area (Å²) in [5.41, 5.74) is 3.56. The Morgan fingerprint density at radius 3 is 2.06 bits per heavy atom. The van der Waals surface area contributed by atoms with Gasteiger partial charge in [0.25, 0.3) is 0 Å². The summed E-state index contributed by atoms with van der Waals surface area (Å²) < 4.78 is 5.98. The van der Waals surface area contributed by atoms with Gasteiger partial charge in [0.1, 0.15) is 5.75 Å². The molecule has 3 heteroatoms. The summed E-state index contributed by atoms with van der Waals surface area (Å²) in [5.74, 6) is 0.945. The molecule has 1 heterocycles. The van der Waals surface area contributed by atoms with Crippen molar-refractivity contribution in [3.8, 4) is 5.75 Å². The molecule has 2 aromatic rings. The largest absolute Gasteiger partial charge is 0.494 e. The predicted molar refractivity (Wildman–Crippen MR) is 137 cm³/mol. The second-order valence-electron chi connectivity index (χ2n) is 10.6. The molecule has 1 saturated heterocycles. The van der Waals surface area contributed by atoms with Gasteiger partial charge in [0.15, 0.2) is 0 Å². The quantitative estimate of drug-likeness (QED) is 0.317. The van der Waals surface area contributed by atoms with Gasteiger partial charge in [-0.05, 0) is 71.2 Å². The van der Waals surface area contributed by atoms with Crippen molar-refractivity contribution in [2.24, 2.45) is 4.99 Å².